The highest BCUT2D eigenvalue weighted by molar-refractivity contribution is 7.21. The van der Waals surface area contributed by atoms with Gasteiger partial charge in [0.1, 0.15) is 0 Å². The van der Waals surface area contributed by atoms with Crippen LogP contribution in [0, 0.1) is 0 Å². The second-order valence-corrected chi connectivity index (χ2v) is 7.35. The van der Waals surface area contributed by atoms with Gasteiger partial charge in [-0.15, -0.1) is 0 Å². The first kappa shape index (κ1) is 13.3. The van der Waals surface area contributed by atoms with Crippen LogP contribution in [0.5, 0.6) is 0 Å². The fraction of sp³-hybridized carbons (Fsp3) is 0.0476. The van der Waals surface area contributed by atoms with Gasteiger partial charge < -0.3 is 0 Å². The van der Waals surface area contributed by atoms with E-state index in [4.69, 9.17) is 0 Å². The molecule has 0 fully saturated rings. The fourth-order valence-electron chi connectivity index (χ4n) is 3.92. The van der Waals surface area contributed by atoms with Crippen LogP contribution in [-0.4, -0.2) is 9.55 Å². The van der Waals surface area contributed by atoms with Crippen molar-refractivity contribution in [2.24, 2.45) is 0 Å². The molecular formula is C21H14N3S+. The summed E-state index contributed by atoms with van der Waals surface area (Å²) >= 11 is 1.87. The van der Waals surface area contributed by atoms with Crippen molar-refractivity contribution in [3.63, 3.8) is 0 Å². The standard InChI is InChI=1S/C21H14N3S/c1-2-6-15(7-3-1)24-18-9-5-4-8-17(18)19-21(24)25-20-16-10-11-22-12-14(16)13-23(19)20/h1-12H,13H2/q+1. The molecule has 1 aliphatic rings. The van der Waals surface area contributed by atoms with Gasteiger partial charge in [-0.1, -0.05) is 30.3 Å². The summed E-state index contributed by atoms with van der Waals surface area (Å²) in [6, 6.07) is 21.5. The third-order valence-electron chi connectivity index (χ3n) is 4.99. The molecule has 0 spiro atoms. The SMILES string of the molecule is c1ccc(-n2c3ccccc3c3c2sc2[n+]3Cc3cnccc3-2)cc1. The number of fused-ring (bicyclic) bond motifs is 7. The average molecular weight is 340 g/mol. The number of hydrogen-bond donors (Lipinski definition) is 0. The van der Waals surface area contributed by atoms with Crippen molar-refractivity contribution in [2.75, 3.05) is 0 Å². The van der Waals surface area contributed by atoms with Crippen LogP contribution in [0.1, 0.15) is 5.56 Å². The van der Waals surface area contributed by atoms with Gasteiger partial charge in [0.05, 0.1) is 16.5 Å². The van der Waals surface area contributed by atoms with Gasteiger partial charge in [0.15, 0.2) is 11.4 Å². The molecule has 4 heteroatoms. The van der Waals surface area contributed by atoms with E-state index in [0.717, 1.165) is 6.54 Å². The molecule has 0 radical (unpaired) electrons. The first-order valence-electron chi connectivity index (χ1n) is 8.36. The highest BCUT2D eigenvalue weighted by Crippen LogP contribution is 2.40. The van der Waals surface area contributed by atoms with Crippen LogP contribution in [0.4, 0.5) is 0 Å². The number of pyridine rings is 1. The smallest absolute Gasteiger partial charge is 0.272 e. The fourth-order valence-corrected chi connectivity index (χ4v) is 5.29. The van der Waals surface area contributed by atoms with Crippen molar-refractivity contribution in [2.45, 2.75) is 6.54 Å². The second-order valence-electron chi connectivity index (χ2n) is 6.37. The van der Waals surface area contributed by atoms with Crippen molar-refractivity contribution in [1.82, 2.24) is 9.55 Å². The van der Waals surface area contributed by atoms with Crippen molar-refractivity contribution in [3.05, 3.63) is 78.6 Å². The van der Waals surface area contributed by atoms with E-state index in [1.165, 1.54) is 43.1 Å². The van der Waals surface area contributed by atoms with E-state index < -0.39 is 0 Å². The van der Waals surface area contributed by atoms with Gasteiger partial charge in [-0.25, -0.2) is 0 Å². The summed E-state index contributed by atoms with van der Waals surface area (Å²) in [4.78, 5) is 5.61. The average Bonchev–Trinajstić information content (AvgIpc) is 3.29. The third-order valence-corrected chi connectivity index (χ3v) is 6.19. The van der Waals surface area contributed by atoms with Crippen LogP contribution in [0.3, 0.4) is 0 Å². The lowest BCUT2D eigenvalue weighted by Gasteiger charge is -2.04. The Morgan fingerprint density at radius 1 is 0.960 bits per heavy atom. The maximum absolute atomic E-state index is 4.30. The molecule has 0 unspecified atom stereocenters. The maximum atomic E-state index is 4.30. The minimum atomic E-state index is 0.904. The van der Waals surface area contributed by atoms with Crippen LogP contribution in [0.2, 0.25) is 0 Å². The molecule has 0 atom stereocenters. The van der Waals surface area contributed by atoms with Crippen molar-refractivity contribution in [1.29, 1.82) is 0 Å². The largest absolute Gasteiger partial charge is 0.295 e. The molecule has 0 bridgehead atoms. The molecule has 5 aromatic rings. The molecule has 4 heterocycles. The Labute approximate surface area is 148 Å². The van der Waals surface area contributed by atoms with Gasteiger partial charge in [0.25, 0.3) is 10.5 Å². The monoisotopic (exact) mass is 340 g/mol. The lowest BCUT2D eigenvalue weighted by atomic mass is 10.2. The Balaban J connectivity index is 1.78. The van der Waals surface area contributed by atoms with Crippen molar-refractivity contribution >= 4 is 32.6 Å². The molecule has 0 aliphatic carbocycles. The number of aromatic nitrogens is 3. The summed E-state index contributed by atoms with van der Waals surface area (Å²) in [5.74, 6) is 0. The molecule has 3 nitrogen and oxygen atoms in total. The summed E-state index contributed by atoms with van der Waals surface area (Å²) in [6.45, 7) is 0.904. The van der Waals surface area contributed by atoms with Gasteiger partial charge >= 0.3 is 0 Å². The van der Waals surface area contributed by atoms with Gasteiger partial charge in [-0.3, -0.25) is 9.55 Å². The minimum absolute atomic E-state index is 0.904. The lowest BCUT2D eigenvalue weighted by Crippen LogP contribution is -2.30. The van der Waals surface area contributed by atoms with E-state index in [-0.39, 0.29) is 0 Å². The zero-order valence-electron chi connectivity index (χ0n) is 13.4. The Morgan fingerprint density at radius 2 is 1.80 bits per heavy atom. The number of para-hydroxylation sites is 2. The first-order chi connectivity index (χ1) is 12.4. The van der Waals surface area contributed by atoms with Crippen molar-refractivity contribution in [3.8, 4) is 16.3 Å². The molecule has 25 heavy (non-hydrogen) atoms. The topological polar surface area (TPSA) is 21.7 Å². The molecule has 0 N–H and O–H groups in total. The third kappa shape index (κ3) is 1.69. The quantitative estimate of drug-likeness (QED) is 0.402. The number of rotatable bonds is 1. The number of benzene rings is 2. The van der Waals surface area contributed by atoms with E-state index in [0.29, 0.717) is 0 Å². The molecule has 0 amide bonds. The highest BCUT2D eigenvalue weighted by Gasteiger charge is 2.35. The molecule has 3 aromatic heterocycles. The van der Waals surface area contributed by atoms with E-state index >= 15 is 0 Å². The van der Waals surface area contributed by atoms with Crippen LogP contribution in [0.15, 0.2) is 73.1 Å². The van der Waals surface area contributed by atoms with Crippen LogP contribution in [-0.2, 0) is 6.54 Å². The Morgan fingerprint density at radius 3 is 2.72 bits per heavy atom. The second kappa shape index (κ2) is 4.77. The normalized spacial score (nSPS) is 12.6. The Bertz CT molecular complexity index is 1260. The van der Waals surface area contributed by atoms with Crippen LogP contribution in [0.25, 0.3) is 37.5 Å². The molecule has 6 rings (SSSR count). The van der Waals surface area contributed by atoms with Gasteiger partial charge in [0, 0.05) is 23.6 Å². The molecule has 1 aliphatic heterocycles. The number of nitrogens with zero attached hydrogens (tertiary/aromatic N) is 3. The number of hydrogen-bond acceptors (Lipinski definition) is 2. The Hall–Kier alpha value is -2.98. The number of thiazole rings is 1. The van der Waals surface area contributed by atoms with Gasteiger partial charge in [-0.05, 0) is 41.7 Å². The zero-order valence-corrected chi connectivity index (χ0v) is 14.2. The van der Waals surface area contributed by atoms with Crippen LogP contribution < -0.4 is 4.57 Å². The van der Waals surface area contributed by atoms with Crippen LogP contribution >= 0.6 is 11.3 Å². The molecule has 0 saturated heterocycles. The maximum Gasteiger partial charge on any atom is 0.272 e. The summed E-state index contributed by atoms with van der Waals surface area (Å²) in [5, 5.41) is 2.64. The summed E-state index contributed by atoms with van der Waals surface area (Å²) in [5.41, 5.74) is 6.44. The predicted molar refractivity (Wildman–Crippen MR) is 101 cm³/mol. The van der Waals surface area contributed by atoms with E-state index in [1.54, 1.807) is 0 Å². The first-order valence-corrected chi connectivity index (χ1v) is 9.18. The lowest BCUT2D eigenvalue weighted by molar-refractivity contribution is -0.641. The summed E-state index contributed by atoms with van der Waals surface area (Å²) < 4.78 is 4.84. The molecule has 0 saturated carbocycles. The molecule has 118 valence electrons. The van der Waals surface area contributed by atoms with Gasteiger partial charge in [0.2, 0.25) is 0 Å². The predicted octanol–water partition coefficient (Wildman–Crippen LogP) is 4.56. The van der Waals surface area contributed by atoms with E-state index in [9.17, 15) is 0 Å². The molecular weight excluding hydrogens is 326 g/mol. The minimum Gasteiger partial charge on any atom is -0.295 e. The summed E-state index contributed by atoms with van der Waals surface area (Å²) in [7, 11) is 0. The zero-order chi connectivity index (χ0) is 16.4. The molecule has 2 aromatic carbocycles. The van der Waals surface area contributed by atoms with Crippen molar-refractivity contribution < 1.29 is 4.57 Å². The summed E-state index contributed by atoms with van der Waals surface area (Å²) in [6.07, 6.45) is 3.89. The van der Waals surface area contributed by atoms with E-state index in [1.807, 2.05) is 23.7 Å². The van der Waals surface area contributed by atoms with E-state index in [2.05, 4.69) is 74.8 Å². The van der Waals surface area contributed by atoms with Gasteiger partial charge in [-0.2, -0.15) is 4.57 Å². The Kier molecular flexibility index (Phi) is 2.54. The highest BCUT2D eigenvalue weighted by atomic mass is 32.1.